The van der Waals surface area contributed by atoms with Crippen LogP contribution in [-0.4, -0.2) is 29.6 Å². The van der Waals surface area contributed by atoms with Crippen LogP contribution in [0.15, 0.2) is 18.2 Å². The van der Waals surface area contributed by atoms with Crippen LogP contribution in [-0.2, 0) is 16.0 Å². The van der Waals surface area contributed by atoms with Crippen LogP contribution in [0.1, 0.15) is 69.4 Å². The lowest BCUT2D eigenvalue weighted by atomic mass is 9.48. The van der Waals surface area contributed by atoms with E-state index < -0.39 is 11.6 Å². The number of hydrogen-bond acceptors (Lipinski definition) is 5. The molecule has 0 spiro atoms. The average molecular weight is 399 g/mol. The number of hydrogen-bond donors (Lipinski definition) is 0. The van der Waals surface area contributed by atoms with Gasteiger partial charge in [-0.25, -0.2) is 0 Å². The third-order valence-electron chi connectivity index (χ3n) is 9.28. The Morgan fingerprint density at radius 3 is 2.72 bits per heavy atom. The standard InChI is InChI=1S/C23H29NO5/c1-14(25)29-23-11-10-22(13-20(23)24(26)27)19-7-4-15-12-16(28-3)5-6-17(15)18(19)8-9-21(22,23)2/h5-6,12,18-20H,4,7-11,13H2,1-3H3/t18-,19-,20-,21+,22+,23-/m1/s1. The summed E-state index contributed by atoms with van der Waals surface area (Å²) >= 11 is 0. The molecule has 0 aromatic heterocycles. The van der Waals surface area contributed by atoms with Crippen molar-refractivity contribution >= 4 is 5.97 Å². The number of nitrogens with zero attached hydrogens (tertiary/aromatic N) is 1. The molecule has 0 aliphatic heterocycles. The minimum atomic E-state index is -0.951. The average Bonchev–Trinajstić information content (AvgIpc) is 3.07. The van der Waals surface area contributed by atoms with Crippen molar-refractivity contribution in [3.8, 4) is 5.75 Å². The van der Waals surface area contributed by atoms with Gasteiger partial charge in [-0.3, -0.25) is 14.9 Å². The summed E-state index contributed by atoms with van der Waals surface area (Å²) in [6.07, 6.45) is 5.97. The summed E-state index contributed by atoms with van der Waals surface area (Å²) < 4.78 is 11.3. The van der Waals surface area contributed by atoms with Crippen LogP contribution in [0.25, 0.3) is 0 Å². The van der Waals surface area contributed by atoms with Crippen LogP contribution < -0.4 is 4.74 Å². The van der Waals surface area contributed by atoms with Crippen LogP contribution in [0.5, 0.6) is 5.75 Å². The van der Waals surface area contributed by atoms with E-state index in [2.05, 4.69) is 19.1 Å². The lowest BCUT2D eigenvalue weighted by Gasteiger charge is -2.56. The number of rotatable bonds is 3. The van der Waals surface area contributed by atoms with Crippen LogP contribution in [0.2, 0.25) is 0 Å². The monoisotopic (exact) mass is 399 g/mol. The molecule has 0 N–H and O–H groups in total. The van der Waals surface area contributed by atoms with E-state index in [-0.39, 0.29) is 21.7 Å². The molecule has 0 saturated heterocycles. The molecule has 3 saturated carbocycles. The molecule has 2 bridgehead atoms. The van der Waals surface area contributed by atoms with Gasteiger partial charge in [-0.2, -0.15) is 0 Å². The van der Waals surface area contributed by atoms with Gasteiger partial charge in [-0.15, -0.1) is 0 Å². The molecule has 0 heterocycles. The first-order chi connectivity index (χ1) is 13.8. The zero-order valence-electron chi connectivity index (χ0n) is 17.4. The molecule has 1 aromatic carbocycles. The Balaban J connectivity index is 1.60. The van der Waals surface area contributed by atoms with E-state index >= 15 is 0 Å². The van der Waals surface area contributed by atoms with E-state index in [1.165, 1.54) is 18.1 Å². The lowest BCUT2D eigenvalue weighted by Crippen LogP contribution is -2.56. The van der Waals surface area contributed by atoms with Gasteiger partial charge in [0.1, 0.15) is 5.75 Å². The maximum absolute atomic E-state index is 12.1. The largest absolute Gasteiger partial charge is 0.497 e. The SMILES string of the molecule is COc1ccc2c(c1)CC[C@@H]1[C@@H]2CC[C@@]2(C)[C@]13CC[C@@]2(OC(C)=O)[C@H]([N+](=O)[O-])C3. The smallest absolute Gasteiger partial charge is 0.303 e. The summed E-state index contributed by atoms with van der Waals surface area (Å²) in [5.41, 5.74) is 1.36. The second-order valence-corrected chi connectivity index (χ2v) is 9.83. The number of methoxy groups -OCH3 is 1. The summed E-state index contributed by atoms with van der Waals surface area (Å²) in [4.78, 5) is 23.9. The highest BCUT2D eigenvalue weighted by Gasteiger charge is 2.82. The maximum Gasteiger partial charge on any atom is 0.303 e. The molecule has 6 atom stereocenters. The molecule has 0 radical (unpaired) electrons. The van der Waals surface area contributed by atoms with Crippen molar-refractivity contribution in [3.05, 3.63) is 39.4 Å². The molecule has 0 amide bonds. The number of aryl methyl sites for hydroxylation is 1. The van der Waals surface area contributed by atoms with Gasteiger partial charge in [0.25, 0.3) is 6.04 Å². The predicted molar refractivity (Wildman–Crippen MR) is 106 cm³/mol. The first-order valence-electron chi connectivity index (χ1n) is 10.8. The van der Waals surface area contributed by atoms with Gasteiger partial charge >= 0.3 is 5.97 Å². The molecule has 4 aliphatic rings. The third-order valence-corrected chi connectivity index (χ3v) is 9.28. The minimum absolute atomic E-state index is 0.124. The normalized spacial score (nSPS) is 41.8. The van der Waals surface area contributed by atoms with Gasteiger partial charge in [0.15, 0.2) is 5.60 Å². The molecule has 1 aromatic rings. The second-order valence-electron chi connectivity index (χ2n) is 9.83. The summed E-state index contributed by atoms with van der Waals surface area (Å²) in [7, 11) is 1.70. The highest BCUT2D eigenvalue weighted by molar-refractivity contribution is 5.67. The van der Waals surface area contributed by atoms with Crippen molar-refractivity contribution < 1.29 is 19.2 Å². The number of nitro groups is 1. The summed E-state index contributed by atoms with van der Waals surface area (Å²) in [6.45, 7) is 3.58. The van der Waals surface area contributed by atoms with Gasteiger partial charge in [-0.05, 0) is 79.0 Å². The summed E-state index contributed by atoms with van der Waals surface area (Å²) in [5.74, 6) is 1.34. The Morgan fingerprint density at radius 2 is 2.03 bits per heavy atom. The maximum atomic E-state index is 12.1. The fraction of sp³-hybridized carbons (Fsp3) is 0.696. The third kappa shape index (κ3) is 2.15. The molecule has 29 heavy (non-hydrogen) atoms. The molecular weight excluding hydrogens is 370 g/mol. The Hall–Kier alpha value is -2.11. The van der Waals surface area contributed by atoms with Crippen molar-refractivity contribution in [1.29, 1.82) is 0 Å². The number of benzene rings is 1. The second kappa shape index (κ2) is 5.96. The number of carbonyl (C=O) groups is 1. The lowest BCUT2D eigenvalue weighted by molar-refractivity contribution is -0.545. The van der Waals surface area contributed by atoms with E-state index in [1.54, 1.807) is 7.11 Å². The number of esters is 1. The van der Waals surface area contributed by atoms with Crippen molar-refractivity contribution in [1.82, 2.24) is 0 Å². The highest BCUT2D eigenvalue weighted by atomic mass is 16.6. The Bertz CT molecular complexity index is 899. The van der Waals surface area contributed by atoms with Gasteiger partial charge in [0.05, 0.1) is 7.11 Å². The zero-order chi connectivity index (χ0) is 20.6. The predicted octanol–water partition coefficient (Wildman–Crippen LogP) is 4.27. The number of carbonyl (C=O) groups excluding carboxylic acids is 1. The van der Waals surface area contributed by atoms with Gasteiger partial charge in [-0.1, -0.05) is 13.0 Å². The number of fused-ring (bicyclic) bond motifs is 3. The van der Waals surface area contributed by atoms with E-state index in [0.717, 1.165) is 37.9 Å². The first kappa shape index (κ1) is 18.9. The highest BCUT2D eigenvalue weighted by Crippen LogP contribution is 2.78. The van der Waals surface area contributed by atoms with Gasteiger partial charge < -0.3 is 9.47 Å². The molecule has 5 rings (SSSR count). The van der Waals surface area contributed by atoms with Crippen LogP contribution in [0.3, 0.4) is 0 Å². The number of ether oxygens (including phenoxy) is 2. The van der Waals surface area contributed by atoms with Crippen LogP contribution in [0.4, 0.5) is 0 Å². The molecule has 6 nitrogen and oxygen atoms in total. The van der Waals surface area contributed by atoms with Gasteiger partial charge in [0.2, 0.25) is 0 Å². The molecule has 3 fully saturated rings. The summed E-state index contributed by atoms with van der Waals surface area (Å²) in [5, 5.41) is 12.1. The quantitative estimate of drug-likeness (QED) is 0.431. The van der Waals surface area contributed by atoms with Crippen LogP contribution >= 0.6 is 0 Å². The Labute approximate surface area is 171 Å². The zero-order valence-corrected chi connectivity index (χ0v) is 17.4. The molecule has 6 heteroatoms. The fourth-order valence-electron chi connectivity index (χ4n) is 8.17. The molecular formula is C23H29NO5. The van der Waals surface area contributed by atoms with E-state index in [1.807, 2.05) is 6.07 Å². The van der Waals surface area contributed by atoms with E-state index in [4.69, 9.17) is 9.47 Å². The van der Waals surface area contributed by atoms with E-state index in [9.17, 15) is 14.9 Å². The van der Waals surface area contributed by atoms with E-state index in [0.29, 0.717) is 24.7 Å². The Kier molecular flexibility index (Phi) is 3.88. The van der Waals surface area contributed by atoms with Gasteiger partial charge in [0, 0.05) is 23.7 Å². The Morgan fingerprint density at radius 1 is 1.24 bits per heavy atom. The summed E-state index contributed by atoms with van der Waals surface area (Å²) in [6, 6.07) is 5.61. The van der Waals surface area contributed by atoms with Crippen molar-refractivity contribution in [2.24, 2.45) is 16.7 Å². The molecule has 156 valence electrons. The fourth-order valence-corrected chi connectivity index (χ4v) is 8.17. The molecule has 0 unspecified atom stereocenters. The molecule has 4 aliphatic carbocycles. The first-order valence-corrected chi connectivity index (χ1v) is 10.8. The topological polar surface area (TPSA) is 78.7 Å². The van der Waals surface area contributed by atoms with Crippen molar-refractivity contribution in [2.45, 2.75) is 76.4 Å². The van der Waals surface area contributed by atoms with Crippen LogP contribution in [0, 0.1) is 26.9 Å². The minimum Gasteiger partial charge on any atom is -0.497 e. The van der Waals surface area contributed by atoms with Crippen molar-refractivity contribution in [3.63, 3.8) is 0 Å². The van der Waals surface area contributed by atoms with Crippen molar-refractivity contribution in [2.75, 3.05) is 7.11 Å².